The van der Waals surface area contributed by atoms with Crippen LogP contribution in [0.4, 0.5) is 0 Å². The molecule has 2 N–H and O–H groups in total. The van der Waals surface area contributed by atoms with Crippen LogP contribution in [-0.2, 0) is 23.7 Å². The second kappa shape index (κ2) is 16.5. The molecule has 0 fully saturated rings. The van der Waals surface area contributed by atoms with Gasteiger partial charge in [0.1, 0.15) is 0 Å². The first-order valence-corrected chi connectivity index (χ1v) is 10.8. The van der Waals surface area contributed by atoms with E-state index in [0.717, 1.165) is 26.0 Å². The molecule has 0 saturated carbocycles. The average molecular weight is 413 g/mol. The van der Waals surface area contributed by atoms with Crippen LogP contribution in [0.2, 0.25) is 0 Å². The van der Waals surface area contributed by atoms with Gasteiger partial charge in [0.05, 0.1) is 45.2 Å². The number of nitrogens with one attached hydrogen (secondary N) is 2. The van der Waals surface area contributed by atoms with Gasteiger partial charge in [0.2, 0.25) is 0 Å². The maximum absolute atomic E-state index is 12.2. The molecule has 0 aromatic rings. The van der Waals surface area contributed by atoms with Crippen LogP contribution in [0.15, 0.2) is 23.8 Å². The maximum atomic E-state index is 12.2. The molecule has 1 aliphatic rings. The lowest BCUT2D eigenvalue weighted by Gasteiger charge is -2.19. The zero-order valence-corrected chi connectivity index (χ0v) is 18.6. The second-order valence-corrected chi connectivity index (χ2v) is 7.54. The highest BCUT2D eigenvalue weighted by molar-refractivity contribution is 5.96. The molecule has 7 heteroatoms. The zero-order valence-electron chi connectivity index (χ0n) is 18.6. The van der Waals surface area contributed by atoms with E-state index in [2.05, 4.69) is 24.5 Å². The minimum absolute atomic E-state index is 0.0326. The lowest BCUT2D eigenvalue weighted by Crippen LogP contribution is -2.30. The Balaban J connectivity index is 1.92. The predicted octanol–water partition coefficient (Wildman–Crippen LogP) is 2.22. The first kappa shape index (κ1) is 25.8. The Morgan fingerprint density at radius 2 is 1.66 bits per heavy atom. The molecule has 1 atom stereocenters. The highest BCUT2D eigenvalue weighted by atomic mass is 16.5. The number of amides is 1. The molecule has 0 radical (unpaired) electrons. The molecular weight excluding hydrogens is 372 g/mol. The fourth-order valence-electron chi connectivity index (χ4n) is 2.69. The summed E-state index contributed by atoms with van der Waals surface area (Å²) in [5.74, 6) is -0.0982. The van der Waals surface area contributed by atoms with Crippen molar-refractivity contribution in [3.05, 3.63) is 23.8 Å². The monoisotopic (exact) mass is 412 g/mol. The van der Waals surface area contributed by atoms with E-state index in [0.29, 0.717) is 51.2 Å². The second-order valence-electron chi connectivity index (χ2n) is 7.54. The summed E-state index contributed by atoms with van der Waals surface area (Å²) < 4.78 is 22.2. The van der Waals surface area contributed by atoms with E-state index in [4.69, 9.17) is 18.9 Å². The normalized spacial score (nSPS) is 16.5. The third-order valence-electron chi connectivity index (χ3n) is 4.03. The van der Waals surface area contributed by atoms with Crippen LogP contribution >= 0.6 is 0 Å². The third-order valence-corrected chi connectivity index (χ3v) is 4.03. The molecule has 0 spiro atoms. The molecule has 0 aromatic carbocycles. The van der Waals surface area contributed by atoms with Crippen LogP contribution < -0.4 is 10.6 Å². The van der Waals surface area contributed by atoms with Gasteiger partial charge in [-0.25, -0.2) is 0 Å². The molecule has 0 bridgehead atoms. The lowest BCUT2D eigenvalue weighted by molar-refractivity contribution is -0.117. The van der Waals surface area contributed by atoms with E-state index < -0.39 is 0 Å². The molecule has 29 heavy (non-hydrogen) atoms. The molecule has 1 rings (SSSR count). The smallest absolute Gasteiger partial charge is 0.251 e. The van der Waals surface area contributed by atoms with Crippen molar-refractivity contribution in [2.45, 2.75) is 58.8 Å². The molecule has 168 valence electrons. The van der Waals surface area contributed by atoms with Gasteiger partial charge >= 0.3 is 0 Å². The number of carbonyl (C=O) groups is 1. The molecule has 0 aliphatic heterocycles. The van der Waals surface area contributed by atoms with Crippen LogP contribution in [0.1, 0.15) is 40.5 Å². The van der Waals surface area contributed by atoms with Crippen LogP contribution in [-0.4, -0.2) is 76.9 Å². The topological polar surface area (TPSA) is 78.0 Å². The Kier molecular flexibility index (Phi) is 14.7. The fraction of sp³-hybridized carbons (Fsp3) is 0.773. The van der Waals surface area contributed by atoms with Crippen molar-refractivity contribution in [3.63, 3.8) is 0 Å². The number of rotatable bonds is 17. The summed E-state index contributed by atoms with van der Waals surface area (Å²) in [5.41, 5.74) is 0.644. The van der Waals surface area contributed by atoms with Crippen LogP contribution in [0, 0.1) is 0 Å². The molecular formula is C22H40N2O5. The predicted molar refractivity (Wildman–Crippen MR) is 115 cm³/mol. The van der Waals surface area contributed by atoms with Crippen molar-refractivity contribution in [2.75, 3.05) is 52.7 Å². The van der Waals surface area contributed by atoms with E-state index >= 15 is 0 Å². The van der Waals surface area contributed by atoms with E-state index in [-0.39, 0.29) is 18.1 Å². The summed E-state index contributed by atoms with van der Waals surface area (Å²) >= 11 is 0. The van der Waals surface area contributed by atoms with Gasteiger partial charge in [-0.1, -0.05) is 26.0 Å². The summed E-state index contributed by atoms with van der Waals surface area (Å²) in [4.78, 5) is 12.2. The van der Waals surface area contributed by atoms with Gasteiger partial charge < -0.3 is 29.6 Å². The highest BCUT2D eigenvalue weighted by Crippen LogP contribution is 2.15. The average Bonchev–Trinajstić information content (AvgIpc) is 2.67. The lowest BCUT2D eigenvalue weighted by atomic mass is 10.0. The van der Waals surface area contributed by atoms with Crippen LogP contribution in [0.3, 0.4) is 0 Å². The number of hydrogen-bond acceptors (Lipinski definition) is 6. The van der Waals surface area contributed by atoms with Gasteiger partial charge in [0, 0.05) is 24.8 Å². The van der Waals surface area contributed by atoms with Crippen molar-refractivity contribution in [2.24, 2.45) is 0 Å². The van der Waals surface area contributed by atoms with Crippen molar-refractivity contribution in [1.82, 2.24) is 10.6 Å². The number of ether oxygens (including phenoxy) is 4. The van der Waals surface area contributed by atoms with Crippen molar-refractivity contribution < 1.29 is 23.7 Å². The minimum atomic E-state index is -0.0982. The van der Waals surface area contributed by atoms with E-state index in [1.54, 1.807) is 0 Å². The Morgan fingerprint density at radius 3 is 2.31 bits per heavy atom. The summed E-state index contributed by atoms with van der Waals surface area (Å²) in [5, 5.41) is 6.21. The van der Waals surface area contributed by atoms with Gasteiger partial charge in [-0.3, -0.25) is 4.79 Å². The largest absolute Gasteiger partial charge is 0.379 e. The summed E-state index contributed by atoms with van der Waals surface area (Å²) in [6, 6.07) is 0.518. The summed E-state index contributed by atoms with van der Waals surface area (Å²) in [7, 11) is 0. The van der Waals surface area contributed by atoms with Crippen LogP contribution in [0.25, 0.3) is 0 Å². The molecule has 1 aliphatic carbocycles. The first-order chi connectivity index (χ1) is 14.0. The van der Waals surface area contributed by atoms with Crippen molar-refractivity contribution >= 4 is 5.91 Å². The van der Waals surface area contributed by atoms with E-state index in [1.807, 2.05) is 32.1 Å². The molecule has 0 aromatic heterocycles. The molecule has 1 unspecified atom stereocenters. The minimum Gasteiger partial charge on any atom is -0.379 e. The maximum Gasteiger partial charge on any atom is 0.251 e. The molecule has 7 nitrogen and oxygen atoms in total. The van der Waals surface area contributed by atoms with Crippen molar-refractivity contribution in [3.8, 4) is 0 Å². The number of hydrogen-bond donors (Lipinski definition) is 2. The van der Waals surface area contributed by atoms with E-state index in [1.165, 1.54) is 0 Å². The summed E-state index contributed by atoms with van der Waals surface area (Å²) in [6.45, 7) is 13.1. The summed E-state index contributed by atoms with van der Waals surface area (Å²) in [6.07, 6.45) is 7.61. The standard InChI is InChI=1S/C22H40N2O5/c1-18(2)23-9-6-11-26-13-15-28-16-14-27-12-10-24-22(25)20-7-5-8-21(17-20)29-19(3)4/h5,7,17-19,21,23H,6,8-16H2,1-4H3,(H,24,25). The van der Waals surface area contributed by atoms with Gasteiger partial charge in [0.15, 0.2) is 0 Å². The Labute approximate surface area is 176 Å². The number of carbonyl (C=O) groups excluding carboxylic acids is 1. The van der Waals surface area contributed by atoms with Gasteiger partial charge in [-0.15, -0.1) is 0 Å². The van der Waals surface area contributed by atoms with Gasteiger partial charge in [-0.2, -0.15) is 0 Å². The Bertz CT molecular complexity index is 492. The Hall–Kier alpha value is -1.25. The molecule has 1 amide bonds. The van der Waals surface area contributed by atoms with Crippen LogP contribution in [0.5, 0.6) is 0 Å². The quantitative estimate of drug-likeness (QED) is 0.357. The Morgan fingerprint density at radius 1 is 1.00 bits per heavy atom. The third kappa shape index (κ3) is 14.4. The van der Waals surface area contributed by atoms with Gasteiger partial charge in [0.25, 0.3) is 5.91 Å². The van der Waals surface area contributed by atoms with Crippen molar-refractivity contribution in [1.29, 1.82) is 0 Å². The SMILES string of the molecule is CC(C)NCCCOCCOCCOCCNC(=O)C1=CC(OC(C)C)CC=C1. The molecule has 0 heterocycles. The fourth-order valence-corrected chi connectivity index (χ4v) is 2.69. The van der Waals surface area contributed by atoms with Gasteiger partial charge in [-0.05, 0) is 39.3 Å². The molecule has 0 saturated heterocycles. The first-order valence-electron chi connectivity index (χ1n) is 10.8. The van der Waals surface area contributed by atoms with E-state index in [9.17, 15) is 4.79 Å². The highest BCUT2D eigenvalue weighted by Gasteiger charge is 2.15. The zero-order chi connectivity index (χ0) is 21.3.